The van der Waals surface area contributed by atoms with Crippen LogP contribution in [0, 0.1) is 5.41 Å². The highest BCUT2D eigenvalue weighted by atomic mass is 35.5. The first-order valence-corrected chi connectivity index (χ1v) is 10.5. The number of carboxylic acids is 1. The molecule has 5 nitrogen and oxygen atoms in total. The van der Waals surface area contributed by atoms with Gasteiger partial charge >= 0.3 is 5.97 Å². The third kappa shape index (κ3) is 3.26. The average molecular weight is 409 g/mol. The molecule has 1 fully saturated rings. The molecule has 0 heterocycles. The molecule has 0 amide bonds. The Morgan fingerprint density at radius 3 is 2.22 bits per heavy atom. The summed E-state index contributed by atoms with van der Waals surface area (Å²) in [6.07, 6.45) is 0.847. The fourth-order valence-electron chi connectivity index (χ4n) is 3.79. The van der Waals surface area contributed by atoms with E-state index in [1.165, 1.54) is 31.4 Å². The van der Waals surface area contributed by atoms with Crippen LogP contribution in [0.4, 0.5) is 0 Å². The Hall–Kier alpha value is -1.89. The van der Waals surface area contributed by atoms with Gasteiger partial charge in [-0.2, -0.15) is 0 Å². The maximum atomic E-state index is 13.2. The minimum atomic E-state index is -3.89. The van der Waals surface area contributed by atoms with Gasteiger partial charge in [0, 0.05) is 18.1 Å². The van der Waals surface area contributed by atoms with Crippen molar-refractivity contribution in [2.24, 2.45) is 5.41 Å². The topological polar surface area (TPSA) is 80.7 Å². The molecule has 1 N–H and O–H groups in total. The van der Waals surface area contributed by atoms with Crippen LogP contribution in [-0.4, -0.2) is 38.5 Å². The standard InChI is InChI=1S/C20H21ClO5S/c1-3-13-4-6-14(7-5-13)17-18(20(17,12-26-2)19(22)23)27(24,25)16-10-8-15(21)9-11-16/h4-11,17-18H,3,12H2,1-2H3,(H,22,23). The Balaban J connectivity index is 2.09. The molecule has 0 aliphatic heterocycles. The first-order valence-electron chi connectivity index (χ1n) is 8.59. The highest BCUT2D eigenvalue weighted by Crippen LogP contribution is 2.64. The Kier molecular flexibility index (Phi) is 5.34. The molecule has 0 aromatic heterocycles. The molecule has 1 saturated carbocycles. The Morgan fingerprint density at radius 1 is 1.15 bits per heavy atom. The summed E-state index contributed by atoms with van der Waals surface area (Å²) in [5.74, 6) is -1.85. The highest BCUT2D eigenvalue weighted by molar-refractivity contribution is 7.92. The number of rotatable bonds is 7. The van der Waals surface area contributed by atoms with Gasteiger partial charge in [-0.25, -0.2) is 8.42 Å². The van der Waals surface area contributed by atoms with Crippen molar-refractivity contribution in [1.82, 2.24) is 0 Å². The smallest absolute Gasteiger partial charge is 0.314 e. The first kappa shape index (κ1) is 19.9. The monoisotopic (exact) mass is 408 g/mol. The number of hydrogen-bond donors (Lipinski definition) is 1. The lowest BCUT2D eigenvalue weighted by molar-refractivity contribution is -0.145. The maximum Gasteiger partial charge on any atom is 0.314 e. The fourth-order valence-corrected chi connectivity index (χ4v) is 6.28. The molecule has 0 radical (unpaired) electrons. The zero-order valence-corrected chi connectivity index (χ0v) is 16.6. The molecule has 0 bridgehead atoms. The summed E-state index contributed by atoms with van der Waals surface area (Å²) in [7, 11) is -2.51. The van der Waals surface area contributed by atoms with Crippen LogP contribution in [0.15, 0.2) is 53.4 Å². The van der Waals surface area contributed by atoms with E-state index in [4.69, 9.17) is 16.3 Å². The van der Waals surface area contributed by atoms with Gasteiger partial charge in [-0.05, 0) is 41.8 Å². The predicted molar refractivity (Wildman–Crippen MR) is 103 cm³/mol. The van der Waals surface area contributed by atoms with Crippen LogP contribution in [0.5, 0.6) is 0 Å². The van der Waals surface area contributed by atoms with Crippen molar-refractivity contribution in [2.75, 3.05) is 13.7 Å². The van der Waals surface area contributed by atoms with Crippen molar-refractivity contribution in [3.8, 4) is 0 Å². The van der Waals surface area contributed by atoms with Gasteiger partial charge < -0.3 is 9.84 Å². The summed E-state index contributed by atoms with van der Waals surface area (Å²) in [6, 6.07) is 13.2. The van der Waals surface area contributed by atoms with E-state index in [1.807, 2.05) is 31.2 Å². The van der Waals surface area contributed by atoms with E-state index in [9.17, 15) is 18.3 Å². The van der Waals surface area contributed by atoms with Crippen molar-refractivity contribution in [3.63, 3.8) is 0 Å². The van der Waals surface area contributed by atoms with E-state index in [0.717, 1.165) is 12.0 Å². The molecular formula is C20H21ClO5S. The van der Waals surface area contributed by atoms with Gasteiger partial charge in [-0.3, -0.25) is 4.79 Å². The Bertz CT molecular complexity index is 937. The van der Waals surface area contributed by atoms with Crippen LogP contribution < -0.4 is 0 Å². The SMILES string of the molecule is CCc1ccc(C2C(S(=O)(=O)c3ccc(Cl)cc3)C2(COC)C(=O)O)cc1. The molecule has 3 rings (SSSR count). The van der Waals surface area contributed by atoms with Crippen molar-refractivity contribution in [2.45, 2.75) is 29.4 Å². The number of carboxylic acid groups (broad SMARTS) is 1. The van der Waals surface area contributed by atoms with Gasteiger partial charge in [0.2, 0.25) is 0 Å². The van der Waals surface area contributed by atoms with Gasteiger partial charge in [0.1, 0.15) is 5.41 Å². The summed E-state index contributed by atoms with van der Waals surface area (Å²) in [4.78, 5) is 12.2. The van der Waals surface area contributed by atoms with Crippen LogP contribution in [0.1, 0.15) is 24.0 Å². The summed E-state index contributed by atoms with van der Waals surface area (Å²) in [6.45, 7) is 1.84. The quantitative estimate of drug-likeness (QED) is 0.757. The number of halogens is 1. The molecule has 3 atom stereocenters. The van der Waals surface area contributed by atoms with Crippen LogP contribution in [0.25, 0.3) is 0 Å². The largest absolute Gasteiger partial charge is 0.481 e. The normalized spacial score (nSPS) is 24.6. The van der Waals surface area contributed by atoms with E-state index in [1.54, 1.807) is 0 Å². The number of aliphatic carboxylic acids is 1. The second-order valence-electron chi connectivity index (χ2n) is 6.77. The van der Waals surface area contributed by atoms with Gasteiger partial charge in [0.05, 0.1) is 16.8 Å². The predicted octanol–water partition coefficient (Wildman–Crippen LogP) is 3.56. The fraction of sp³-hybridized carbons (Fsp3) is 0.350. The van der Waals surface area contributed by atoms with E-state index >= 15 is 0 Å². The summed E-state index contributed by atoms with van der Waals surface area (Å²) < 4.78 is 31.6. The van der Waals surface area contributed by atoms with Gasteiger partial charge in [-0.15, -0.1) is 0 Å². The van der Waals surface area contributed by atoms with Crippen LogP contribution in [-0.2, 0) is 25.8 Å². The molecule has 7 heteroatoms. The number of methoxy groups -OCH3 is 1. The second-order valence-corrected chi connectivity index (χ2v) is 9.28. The molecule has 144 valence electrons. The van der Waals surface area contributed by atoms with Crippen LogP contribution in [0.3, 0.4) is 0 Å². The first-order chi connectivity index (χ1) is 12.8. The van der Waals surface area contributed by atoms with Crippen molar-refractivity contribution >= 4 is 27.4 Å². The van der Waals surface area contributed by atoms with Gasteiger partial charge in [-0.1, -0.05) is 42.8 Å². The van der Waals surface area contributed by atoms with Crippen LogP contribution >= 0.6 is 11.6 Å². The lowest BCUT2D eigenvalue weighted by atomic mass is 9.99. The molecule has 0 saturated heterocycles. The molecule has 1 aliphatic carbocycles. The summed E-state index contributed by atoms with van der Waals surface area (Å²) >= 11 is 5.86. The molecular weight excluding hydrogens is 388 g/mol. The minimum absolute atomic E-state index is 0.0614. The lowest BCUT2D eigenvalue weighted by Gasteiger charge is -2.12. The van der Waals surface area contributed by atoms with E-state index in [0.29, 0.717) is 10.6 Å². The molecule has 3 unspecified atom stereocenters. The molecule has 1 aliphatic rings. The number of sulfone groups is 1. The molecule has 0 spiro atoms. The van der Waals surface area contributed by atoms with Crippen molar-refractivity contribution in [3.05, 3.63) is 64.7 Å². The molecule has 2 aromatic rings. The zero-order valence-electron chi connectivity index (χ0n) is 15.1. The third-order valence-corrected chi connectivity index (χ3v) is 7.80. The minimum Gasteiger partial charge on any atom is -0.481 e. The third-order valence-electron chi connectivity index (χ3n) is 5.26. The van der Waals surface area contributed by atoms with E-state index in [2.05, 4.69) is 0 Å². The summed E-state index contributed by atoms with van der Waals surface area (Å²) in [5, 5.41) is 9.24. The second kappa shape index (κ2) is 7.26. The zero-order chi connectivity index (χ0) is 19.8. The van der Waals surface area contributed by atoms with E-state index < -0.39 is 32.4 Å². The van der Waals surface area contributed by atoms with Crippen molar-refractivity contribution in [1.29, 1.82) is 0 Å². The molecule has 2 aromatic carbocycles. The molecule has 27 heavy (non-hydrogen) atoms. The number of carbonyl (C=O) groups is 1. The average Bonchev–Trinajstić information content (AvgIpc) is 3.33. The number of hydrogen-bond acceptors (Lipinski definition) is 4. The lowest BCUT2D eigenvalue weighted by Crippen LogP contribution is -2.28. The number of benzene rings is 2. The van der Waals surface area contributed by atoms with Gasteiger partial charge in [0.25, 0.3) is 0 Å². The summed E-state index contributed by atoms with van der Waals surface area (Å²) in [5.41, 5.74) is 0.277. The highest BCUT2D eigenvalue weighted by Gasteiger charge is 2.76. The van der Waals surface area contributed by atoms with Crippen molar-refractivity contribution < 1.29 is 23.1 Å². The number of ether oxygens (including phenoxy) is 1. The Morgan fingerprint density at radius 2 is 1.74 bits per heavy atom. The Labute approximate surface area is 163 Å². The number of aryl methyl sites for hydroxylation is 1. The maximum absolute atomic E-state index is 13.2. The van der Waals surface area contributed by atoms with E-state index in [-0.39, 0.29) is 11.5 Å². The van der Waals surface area contributed by atoms with Gasteiger partial charge in [0.15, 0.2) is 9.84 Å². The van der Waals surface area contributed by atoms with Crippen LogP contribution in [0.2, 0.25) is 5.02 Å².